The van der Waals surface area contributed by atoms with Crippen LogP contribution in [-0.4, -0.2) is 54.1 Å². The maximum Gasteiger partial charge on any atom is 0.191 e. The normalized spacial score (nSPS) is 20.9. The minimum Gasteiger partial charge on any atom is -0.357 e. The van der Waals surface area contributed by atoms with Crippen LogP contribution in [0.15, 0.2) is 21.8 Å². The van der Waals surface area contributed by atoms with E-state index in [-0.39, 0.29) is 24.0 Å². The molecule has 3 rings (SSSR count). The maximum absolute atomic E-state index is 4.77. The molecule has 142 valence electrons. The molecule has 2 N–H and O–H groups in total. The van der Waals surface area contributed by atoms with Crippen LogP contribution in [0.25, 0.3) is 0 Å². The summed E-state index contributed by atoms with van der Waals surface area (Å²) in [5.41, 5.74) is 1.64. The maximum atomic E-state index is 4.77. The lowest BCUT2D eigenvalue weighted by molar-refractivity contribution is 0.107. The topological polar surface area (TPSA) is 39.7 Å². The molecule has 1 aliphatic carbocycles. The molecular formula is C18H31IN4S2. The fourth-order valence-electron chi connectivity index (χ4n) is 3.82. The molecule has 1 aromatic heterocycles. The van der Waals surface area contributed by atoms with Gasteiger partial charge in [0.15, 0.2) is 5.96 Å². The Morgan fingerprint density at radius 2 is 2.00 bits per heavy atom. The Kier molecular flexibility index (Phi) is 9.37. The fraction of sp³-hybridized carbons (Fsp3) is 0.722. The minimum absolute atomic E-state index is 0. The van der Waals surface area contributed by atoms with Crippen molar-refractivity contribution in [3.05, 3.63) is 22.4 Å². The number of nitrogens with one attached hydrogen (secondary N) is 2. The average Bonchev–Trinajstić information content (AvgIpc) is 3.31. The zero-order chi connectivity index (χ0) is 16.7. The number of aliphatic imine (C=N–C) groups is 1. The molecule has 25 heavy (non-hydrogen) atoms. The van der Waals surface area contributed by atoms with Crippen LogP contribution in [0.1, 0.15) is 38.2 Å². The van der Waals surface area contributed by atoms with E-state index >= 15 is 0 Å². The van der Waals surface area contributed by atoms with Crippen LogP contribution in [0.4, 0.5) is 0 Å². The molecule has 4 nitrogen and oxygen atoms in total. The number of halogens is 1. The second-order valence-electron chi connectivity index (χ2n) is 6.71. The summed E-state index contributed by atoms with van der Waals surface area (Å²) in [5, 5.41) is 11.4. The highest BCUT2D eigenvalue weighted by Gasteiger charge is 2.39. The summed E-state index contributed by atoms with van der Waals surface area (Å²) in [6.07, 6.45) is 5.39. The Hall–Kier alpha value is 0.01000. The van der Waals surface area contributed by atoms with E-state index in [2.05, 4.69) is 51.0 Å². The van der Waals surface area contributed by atoms with Gasteiger partial charge in [-0.25, -0.2) is 4.99 Å². The van der Waals surface area contributed by atoms with E-state index in [1.165, 1.54) is 55.8 Å². The second-order valence-corrected chi connectivity index (χ2v) is 8.72. The van der Waals surface area contributed by atoms with E-state index in [0.717, 1.165) is 25.6 Å². The van der Waals surface area contributed by atoms with Crippen LogP contribution in [-0.2, 0) is 6.54 Å². The van der Waals surface area contributed by atoms with Crippen molar-refractivity contribution in [1.29, 1.82) is 0 Å². The smallest absolute Gasteiger partial charge is 0.191 e. The monoisotopic (exact) mass is 494 g/mol. The first-order valence-corrected chi connectivity index (χ1v) is 11.3. The molecule has 2 fully saturated rings. The quantitative estimate of drug-likeness (QED) is 0.359. The predicted molar refractivity (Wildman–Crippen MR) is 123 cm³/mol. The lowest BCUT2D eigenvalue weighted by atomic mass is 9.94. The van der Waals surface area contributed by atoms with E-state index < -0.39 is 0 Å². The number of thioether (sulfide) groups is 1. The molecule has 2 heterocycles. The molecule has 0 bridgehead atoms. The van der Waals surface area contributed by atoms with Crippen molar-refractivity contribution in [3.63, 3.8) is 0 Å². The summed E-state index contributed by atoms with van der Waals surface area (Å²) >= 11 is 3.84. The fourth-order valence-corrected chi connectivity index (χ4v) is 5.38. The third-order valence-corrected chi connectivity index (χ3v) is 6.82. The van der Waals surface area contributed by atoms with Crippen molar-refractivity contribution in [2.45, 2.75) is 44.7 Å². The van der Waals surface area contributed by atoms with Gasteiger partial charge in [0.1, 0.15) is 0 Å². The molecule has 0 aromatic carbocycles. The molecule has 0 spiro atoms. The summed E-state index contributed by atoms with van der Waals surface area (Å²) in [4.78, 5) is 7.53. The molecule has 0 radical (unpaired) electrons. The molecule has 1 aliphatic heterocycles. The zero-order valence-electron chi connectivity index (χ0n) is 15.1. The van der Waals surface area contributed by atoms with E-state index in [4.69, 9.17) is 4.99 Å². The highest BCUT2D eigenvalue weighted by molar-refractivity contribution is 14.0. The van der Waals surface area contributed by atoms with Crippen LogP contribution in [0.5, 0.6) is 0 Å². The van der Waals surface area contributed by atoms with Crippen molar-refractivity contribution in [2.24, 2.45) is 4.99 Å². The second kappa shape index (κ2) is 11.0. The Bertz CT molecular complexity index is 509. The molecule has 1 saturated heterocycles. The number of guanidine groups is 1. The number of hydrogen-bond acceptors (Lipinski definition) is 4. The summed E-state index contributed by atoms with van der Waals surface area (Å²) < 4.78 is 0. The van der Waals surface area contributed by atoms with Gasteiger partial charge in [-0.15, -0.1) is 24.0 Å². The first-order valence-electron chi connectivity index (χ1n) is 9.18. The van der Waals surface area contributed by atoms with Gasteiger partial charge in [0.2, 0.25) is 0 Å². The van der Waals surface area contributed by atoms with Crippen LogP contribution >= 0.6 is 47.1 Å². The summed E-state index contributed by atoms with van der Waals surface area (Å²) in [6.45, 7) is 7.31. The van der Waals surface area contributed by atoms with Crippen LogP contribution < -0.4 is 10.6 Å². The molecule has 0 atom stereocenters. The molecule has 1 saturated carbocycles. The first kappa shape index (κ1) is 21.3. The minimum atomic E-state index is 0. The zero-order valence-corrected chi connectivity index (χ0v) is 19.1. The van der Waals surface area contributed by atoms with Crippen molar-refractivity contribution < 1.29 is 0 Å². The van der Waals surface area contributed by atoms with E-state index in [1.807, 2.05) is 0 Å². The van der Waals surface area contributed by atoms with Crippen molar-refractivity contribution in [1.82, 2.24) is 15.5 Å². The summed E-state index contributed by atoms with van der Waals surface area (Å²) in [7, 11) is 0. The van der Waals surface area contributed by atoms with E-state index in [1.54, 1.807) is 11.3 Å². The highest BCUT2D eigenvalue weighted by Crippen LogP contribution is 2.36. The van der Waals surface area contributed by atoms with Crippen LogP contribution in [0, 0.1) is 0 Å². The van der Waals surface area contributed by atoms with Crippen LogP contribution in [0.3, 0.4) is 0 Å². The Morgan fingerprint density at radius 3 is 2.64 bits per heavy atom. The Labute approximate surface area is 177 Å². The van der Waals surface area contributed by atoms with Gasteiger partial charge in [-0.1, -0.05) is 12.8 Å². The largest absolute Gasteiger partial charge is 0.357 e. The molecular weight excluding hydrogens is 463 g/mol. The summed E-state index contributed by atoms with van der Waals surface area (Å²) in [5.74, 6) is 3.53. The highest BCUT2D eigenvalue weighted by atomic mass is 127. The van der Waals surface area contributed by atoms with E-state index in [9.17, 15) is 0 Å². The summed E-state index contributed by atoms with van der Waals surface area (Å²) in [6, 6.07) is 2.15. The number of nitrogens with zero attached hydrogens (tertiary/aromatic N) is 2. The van der Waals surface area contributed by atoms with Crippen LogP contribution in [0.2, 0.25) is 0 Å². The number of thiophene rings is 1. The van der Waals surface area contributed by atoms with Crippen molar-refractivity contribution in [3.8, 4) is 0 Å². The van der Waals surface area contributed by atoms with Gasteiger partial charge in [0.25, 0.3) is 0 Å². The van der Waals surface area contributed by atoms with Gasteiger partial charge in [-0.3, -0.25) is 4.90 Å². The number of hydrogen-bond donors (Lipinski definition) is 2. The molecule has 7 heteroatoms. The third-order valence-electron chi connectivity index (χ3n) is 5.15. The first-order chi connectivity index (χ1) is 11.8. The molecule has 2 aliphatic rings. The van der Waals surface area contributed by atoms with Gasteiger partial charge in [-0.05, 0) is 42.2 Å². The van der Waals surface area contributed by atoms with Gasteiger partial charge in [0, 0.05) is 43.2 Å². The average molecular weight is 495 g/mol. The van der Waals surface area contributed by atoms with Gasteiger partial charge >= 0.3 is 0 Å². The Balaban J connectivity index is 0.00000225. The SMILES string of the molecule is CCNC(=NCc1ccsc1)NCC1(N2CCSCC2)CCCC1.I. The number of rotatable bonds is 6. The van der Waals surface area contributed by atoms with Crippen molar-refractivity contribution >= 4 is 53.0 Å². The third kappa shape index (κ3) is 6.01. The molecule has 1 aromatic rings. The van der Waals surface area contributed by atoms with Gasteiger partial charge in [-0.2, -0.15) is 23.1 Å². The van der Waals surface area contributed by atoms with E-state index in [0.29, 0.717) is 5.54 Å². The van der Waals surface area contributed by atoms with Gasteiger partial charge < -0.3 is 10.6 Å². The molecule has 0 unspecified atom stereocenters. The van der Waals surface area contributed by atoms with Gasteiger partial charge in [0.05, 0.1) is 6.54 Å². The predicted octanol–water partition coefficient (Wildman–Crippen LogP) is 3.78. The van der Waals surface area contributed by atoms with Crippen molar-refractivity contribution in [2.75, 3.05) is 37.7 Å². The Morgan fingerprint density at radius 1 is 1.24 bits per heavy atom. The lowest BCUT2D eigenvalue weighted by Gasteiger charge is -2.43. The standard InChI is InChI=1S/C18H30N4S2.HI/c1-2-19-17(20-13-16-5-10-24-14-16)21-15-18(6-3-4-7-18)22-8-11-23-12-9-22;/h5,10,14H,2-4,6-9,11-13,15H2,1H3,(H2,19,20,21);1H. The lowest BCUT2D eigenvalue weighted by Crippen LogP contribution is -2.57. The molecule has 0 amide bonds.